The van der Waals surface area contributed by atoms with Gasteiger partial charge in [-0.2, -0.15) is 0 Å². The molecule has 0 N–H and O–H groups in total. The van der Waals surface area contributed by atoms with Crippen molar-refractivity contribution >= 4 is 16.7 Å². The molecule has 0 amide bonds. The van der Waals surface area contributed by atoms with Crippen molar-refractivity contribution in [1.29, 1.82) is 0 Å². The highest BCUT2D eigenvalue weighted by atomic mass is 32.2. The summed E-state index contributed by atoms with van der Waals surface area (Å²) in [4.78, 5) is 0.369. The second-order valence-corrected chi connectivity index (χ2v) is 5.04. The molecular formula is C14H15O3S-. The molecule has 0 heterocycles. The summed E-state index contributed by atoms with van der Waals surface area (Å²) in [5.41, 5.74) is 1.98. The summed E-state index contributed by atoms with van der Waals surface area (Å²) in [6.45, 7) is 0. The zero-order chi connectivity index (χ0) is 13.0. The molecule has 0 aliphatic heterocycles. The number of ether oxygens (including phenoxy) is 1. The van der Waals surface area contributed by atoms with Crippen LogP contribution in [-0.2, 0) is 11.1 Å². The molecule has 96 valence electrons. The molecule has 0 saturated carbocycles. The van der Waals surface area contributed by atoms with Gasteiger partial charge in [0.2, 0.25) is 0 Å². The highest BCUT2D eigenvalue weighted by molar-refractivity contribution is 7.83. The first-order chi connectivity index (χ1) is 8.72. The van der Waals surface area contributed by atoms with E-state index in [-0.39, 0.29) is 0 Å². The molecule has 1 aromatic rings. The molecule has 4 heteroatoms. The van der Waals surface area contributed by atoms with Gasteiger partial charge in [-0.05, 0) is 48.1 Å². The molecule has 0 radical (unpaired) electrons. The van der Waals surface area contributed by atoms with E-state index in [1.54, 1.807) is 19.3 Å². The van der Waals surface area contributed by atoms with Crippen LogP contribution in [0.5, 0.6) is 5.75 Å². The number of methoxy groups -OCH3 is 1. The fraction of sp³-hybridized carbons (Fsp3) is 0.286. The molecule has 1 aromatic carbocycles. The van der Waals surface area contributed by atoms with E-state index in [1.807, 2.05) is 24.3 Å². The Morgan fingerprint density at radius 2 is 2.11 bits per heavy atom. The van der Waals surface area contributed by atoms with Gasteiger partial charge in [-0.15, -0.1) is 0 Å². The van der Waals surface area contributed by atoms with E-state index in [4.69, 9.17) is 4.74 Å². The molecule has 3 nitrogen and oxygen atoms in total. The predicted octanol–water partition coefficient (Wildman–Crippen LogP) is 3.03. The number of rotatable bonds is 3. The predicted molar refractivity (Wildman–Crippen MR) is 71.8 cm³/mol. The Morgan fingerprint density at radius 3 is 2.83 bits per heavy atom. The van der Waals surface area contributed by atoms with Gasteiger partial charge in [-0.3, -0.25) is 4.21 Å². The van der Waals surface area contributed by atoms with E-state index in [0.29, 0.717) is 4.91 Å². The monoisotopic (exact) mass is 263 g/mol. The molecule has 0 bridgehead atoms. The summed E-state index contributed by atoms with van der Waals surface area (Å²) in [5.74, 6) is 0.779. The first-order valence-electron chi connectivity index (χ1n) is 5.86. The standard InChI is InChI=1S/C14H16O3S/c1-17-14-9-5-4-8-13(14)11-6-2-3-7-12(10-11)18(15)16/h4-5,7-10H,2-3,6H2,1H3,(H,15,16)/p-1. The summed E-state index contributed by atoms with van der Waals surface area (Å²) in [5, 5.41) is 0. The molecule has 18 heavy (non-hydrogen) atoms. The summed E-state index contributed by atoms with van der Waals surface area (Å²) in [7, 11) is 1.62. The molecule has 1 unspecified atom stereocenters. The van der Waals surface area contributed by atoms with Crippen molar-refractivity contribution in [2.75, 3.05) is 7.11 Å². The Balaban J connectivity index is 2.43. The van der Waals surface area contributed by atoms with Crippen molar-refractivity contribution in [1.82, 2.24) is 0 Å². The lowest BCUT2D eigenvalue weighted by Gasteiger charge is -2.12. The van der Waals surface area contributed by atoms with Crippen molar-refractivity contribution < 1.29 is 13.5 Å². The third kappa shape index (κ3) is 2.89. The van der Waals surface area contributed by atoms with Crippen LogP contribution >= 0.6 is 0 Å². The second-order valence-electron chi connectivity index (χ2n) is 4.10. The molecule has 0 spiro atoms. The zero-order valence-electron chi connectivity index (χ0n) is 10.2. The van der Waals surface area contributed by atoms with Crippen LogP contribution in [0.3, 0.4) is 0 Å². The summed E-state index contributed by atoms with van der Waals surface area (Å²) >= 11 is -2.17. The molecule has 1 atom stereocenters. The van der Waals surface area contributed by atoms with E-state index >= 15 is 0 Å². The van der Waals surface area contributed by atoms with Gasteiger partial charge in [0.05, 0.1) is 7.11 Å². The minimum absolute atomic E-state index is 0.369. The van der Waals surface area contributed by atoms with E-state index in [9.17, 15) is 8.76 Å². The highest BCUT2D eigenvalue weighted by Gasteiger charge is 2.11. The minimum atomic E-state index is -2.17. The average molecular weight is 263 g/mol. The SMILES string of the molecule is COc1ccccc1C1=CC(S(=O)[O-])=CCCC1. The lowest BCUT2D eigenvalue weighted by atomic mass is 10.0. The van der Waals surface area contributed by atoms with Crippen LogP contribution in [0.2, 0.25) is 0 Å². The topological polar surface area (TPSA) is 49.4 Å². The van der Waals surface area contributed by atoms with E-state index < -0.39 is 11.1 Å². The largest absolute Gasteiger partial charge is 0.768 e. The molecule has 0 saturated heterocycles. The molecule has 0 aromatic heterocycles. The summed E-state index contributed by atoms with van der Waals surface area (Å²) in [6, 6.07) is 7.68. The van der Waals surface area contributed by atoms with Gasteiger partial charge in [0, 0.05) is 10.5 Å². The third-order valence-corrected chi connectivity index (χ3v) is 3.63. The van der Waals surface area contributed by atoms with E-state index in [2.05, 4.69) is 0 Å². The number of hydrogen-bond donors (Lipinski definition) is 0. The Labute approximate surface area is 109 Å². The van der Waals surface area contributed by atoms with E-state index in [1.165, 1.54) is 0 Å². The average Bonchev–Trinajstić information content (AvgIpc) is 2.64. The minimum Gasteiger partial charge on any atom is -0.768 e. The van der Waals surface area contributed by atoms with Gasteiger partial charge in [-0.1, -0.05) is 24.3 Å². The van der Waals surface area contributed by atoms with Crippen LogP contribution < -0.4 is 4.74 Å². The number of benzene rings is 1. The van der Waals surface area contributed by atoms with Gasteiger partial charge in [0.1, 0.15) is 5.75 Å². The number of allylic oxidation sites excluding steroid dienone is 3. The number of hydrogen-bond acceptors (Lipinski definition) is 3. The molecule has 2 rings (SSSR count). The third-order valence-electron chi connectivity index (χ3n) is 2.96. The molecular weight excluding hydrogens is 248 g/mol. The highest BCUT2D eigenvalue weighted by Crippen LogP contribution is 2.32. The van der Waals surface area contributed by atoms with Crippen LogP contribution in [0.4, 0.5) is 0 Å². The first kappa shape index (κ1) is 13.1. The van der Waals surface area contributed by atoms with Crippen molar-refractivity contribution in [2.45, 2.75) is 19.3 Å². The van der Waals surface area contributed by atoms with Gasteiger partial charge in [0.15, 0.2) is 0 Å². The maximum atomic E-state index is 11.1. The van der Waals surface area contributed by atoms with Crippen LogP contribution in [0, 0.1) is 0 Å². The van der Waals surface area contributed by atoms with Gasteiger partial charge < -0.3 is 9.29 Å². The fourth-order valence-corrected chi connectivity index (χ4v) is 2.57. The Morgan fingerprint density at radius 1 is 1.33 bits per heavy atom. The Bertz CT molecular complexity index is 518. The molecule has 0 fully saturated rings. The van der Waals surface area contributed by atoms with E-state index in [0.717, 1.165) is 36.1 Å². The summed E-state index contributed by atoms with van der Waals surface area (Å²) < 4.78 is 27.5. The zero-order valence-corrected chi connectivity index (χ0v) is 11.0. The van der Waals surface area contributed by atoms with Crippen molar-refractivity contribution in [3.05, 3.63) is 46.9 Å². The van der Waals surface area contributed by atoms with Crippen LogP contribution in [0.1, 0.15) is 24.8 Å². The maximum absolute atomic E-state index is 11.1. The second kappa shape index (κ2) is 5.98. The smallest absolute Gasteiger partial charge is 0.126 e. The maximum Gasteiger partial charge on any atom is 0.126 e. The Kier molecular flexibility index (Phi) is 4.33. The first-order valence-corrected chi connectivity index (χ1v) is 6.93. The fourth-order valence-electron chi connectivity index (χ4n) is 2.08. The van der Waals surface area contributed by atoms with Crippen LogP contribution in [0.15, 0.2) is 41.3 Å². The number of para-hydroxylation sites is 1. The normalized spacial score (nSPS) is 17.4. The van der Waals surface area contributed by atoms with Crippen LogP contribution in [-0.4, -0.2) is 15.9 Å². The lowest BCUT2D eigenvalue weighted by molar-refractivity contribution is 0.413. The van der Waals surface area contributed by atoms with Gasteiger partial charge in [-0.25, -0.2) is 0 Å². The van der Waals surface area contributed by atoms with Crippen LogP contribution in [0.25, 0.3) is 5.57 Å². The lowest BCUT2D eigenvalue weighted by Crippen LogP contribution is -1.93. The molecule has 1 aliphatic rings. The quantitative estimate of drug-likeness (QED) is 0.788. The van der Waals surface area contributed by atoms with Gasteiger partial charge in [0.25, 0.3) is 0 Å². The Hall–Kier alpha value is -1.39. The van der Waals surface area contributed by atoms with Crippen molar-refractivity contribution in [3.8, 4) is 5.75 Å². The van der Waals surface area contributed by atoms with Crippen molar-refractivity contribution in [2.24, 2.45) is 0 Å². The molecule has 1 aliphatic carbocycles. The van der Waals surface area contributed by atoms with Crippen molar-refractivity contribution in [3.63, 3.8) is 0 Å². The summed E-state index contributed by atoms with van der Waals surface area (Å²) in [6.07, 6.45) is 6.11. The van der Waals surface area contributed by atoms with Gasteiger partial charge >= 0.3 is 0 Å².